The van der Waals surface area contributed by atoms with E-state index in [1.807, 2.05) is 12.1 Å². The van der Waals surface area contributed by atoms with Crippen LogP contribution in [-0.4, -0.2) is 16.6 Å². The van der Waals surface area contributed by atoms with Crippen LogP contribution in [-0.2, 0) is 5.41 Å². The quantitative estimate of drug-likeness (QED) is 0.397. The minimum absolute atomic E-state index is 0.0127. The van der Waals surface area contributed by atoms with Gasteiger partial charge in [-0.05, 0) is 76.9 Å². The standard InChI is InChI=1S/C27H28N2OS2/c1-27(2,3)20-13-11-18(12-14-20)26(30)29-25(23-10-6-16-32-23)22-9-4-7-19(24(22)28-29)17-21-8-5-15-31-21/h5-6,8,10-17,22,25H,4,7,9H2,1-3H3. The van der Waals surface area contributed by atoms with E-state index in [0.29, 0.717) is 5.56 Å². The van der Waals surface area contributed by atoms with Crippen molar-refractivity contribution in [3.63, 3.8) is 0 Å². The molecule has 2 aromatic heterocycles. The van der Waals surface area contributed by atoms with Crippen LogP contribution in [0.25, 0.3) is 6.08 Å². The van der Waals surface area contributed by atoms with Gasteiger partial charge in [0.2, 0.25) is 0 Å². The second-order valence-corrected chi connectivity index (χ2v) is 11.6. The Morgan fingerprint density at radius 1 is 1.06 bits per heavy atom. The molecule has 0 spiro atoms. The molecule has 3 aromatic rings. The molecular weight excluding hydrogens is 432 g/mol. The van der Waals surface area contributed by atoms with Crippen LogP contribution in [0, 0.1) is 5.92 Å². The molecule has 32 heavy (non-hydrogen) atoms. The van der Waals surface area contributed by atoms with Crippen LogP contribution in [0.5, 0.6) is 0 Å². The maximum absolute atomic E-state index is 13.7. The molecule has 3 heterocycles. The lowest BCUT2D eigenvalue weighted by atomic mass is 9.79. The summed E-state index contributed by atoms with van der Waals surface area (Å²) < 4.78 is 0. The number of amides is 1. The van der Waals surface area contributed by atoms with Gasteiger partial charge in [0.15, 0.2) is 0 Å². The third-order valence-corrected chi connectivity index (χ3v) is 8.16. The summed E-state index contributed by atoms with van der Waals surface area (Å²) in [6.07, 6.45) is 5.49. The van der Waals surface area contributed by atoms with Crippen molar-refractivity contribution >= 4 is 40.4 Å². The van der Waals surface area contributed by atoms with E-state index in [2.05, 4.69) is 74.0 Å². The third-order valence-electron chi connectivity index (χ3n) is 6.40. The van der Waals surface area contributed by atoms with E-state index >= 15 is 0 Å². The van der Waals surface area contributed by atoms with E-state index in [0.717, 1.165) is 25.0 Å². The molecule has 1 aromatic carbocycles. The number of nitrogens with zero attached hydrogens (tertiary/aromatic N) is 2. The fourth-order valence-electron chi connectivity index (χ4n) is 4.70. The molecule has 5 rings (SSSR count). The summed E-state index contributed by atoms with van der Waals surface area (Å²) in [6, 6.07) is 16.5. The SMILES string of the molecule is CC(C)(C)c1ccc(C(=O)N2N=C3C(=Cc4cccs4)CCCC3C2c2cccs2)cc1. The molecule has 0 N–H and O–H groups in total. The molecule has 5 heteroatoms. The van der Waals surface area contributed by atoms with E-state index < -0.39 is 0 Å². The van der Waals surface area contributed by atoms with Gasteiger partial charge in [-0.25, -0.2) is 5.01 Å². The van der Waals surface area contributed by atoms with Gasteiger partial charge >= 0.3 is 0 Å². The molecule has 2 unspecified atom stereocenters. The van der Waals surface area contributed by atoms with Gasteiger partial charge in [-0.1, -0.05) is 45.0 Å². The van der Waals surface area contributed by atoms with Gasteiger partial charge in [-0.15, -0.1) is 22.7 Å². The Balaban J connectivity index is 1.53. The monoisotopic (exact) mass is 460 g/mol. The summed E-state index contributed by atoms with van der Waals surface area (Å²) in [6.45, 7) is 6.57. The summed E-state index contributed by atoms with van der Waals surface area (Å²) in [7, 11) is 0. The smallest absolute Gasteiger partial charge is 0.267 e. The number of benzene rings is 1. The second-order valence-electron chi connectivity index (χ2n) is 9.61. The van der Waals surface area contributed by atoms with Gasteiger partial charge < -0.3 is 0 Å². The number of allylic oxidation sites excluding steroid dienone is 1. The lowest BCUT2D eigenvalue weighted by molar-refractivity contribution is 0.0684. The van der Waals surface area contributed by atoms with Crippen molar-refractivity contribution in [2.75, 3.05) is 0 Å². The molecule has 0 radical (unpaired) electrons. The molecule has 2 aliphatic rings. The molecule has 1 fully saturated rings. The van der Waals surface area contributed by atoms with E-state index in [9.17, 15) is 4.79 Å². The number of carbonyl (C=O) groups excluding carboxylic acids is 1. The summed E-state index contributed by atoms with van der Waals surface area (Å²) >= 11 is 3.47. The van der Waals surface area contributed by atoms with Gasteiger partial charge in [0.25, 0.3) is 5.91 Å². The van der Waals surface area contributed by atoms with Gasteiger partial charge in [-0.3, -0.25) is 4.79 Å². The van der Waals surface area contributed by atoms with Gasteiger partial charge in [0.1, 0.15) is 0 Å². The Labute approximate surface area is 198 Å². The van der Waals surface area contributed by atoms with Gasteiger partial charge in [0.05, 0.1) is 11.8 Å². The molecule has 1 aliphatic heterocycles. The first-order valence-electron chi connectivity index (χ1n) is 11.2. The van der Waals surface area contributed by atoms with E-state index in [1.165, 1.54) is 20.9 Å². The van der Waals surface area contributed by atoms with Crippen LogP contribution >= 0.6 is 22.7 Å². The van der Waals surface area contributed by atoms with Crippen molar-refractivity contribution in [2.24, 2.45) is 11.0 Å². The van der Waals surface area contributed by atoms with Crippen molar-refractivity contribution in [2.45, 2.75) is 51.5 Å². The third kappa shape index (κ3) is 4.00. The molecule has 3 nitrogen and oxygen atoms in total. The molecule has 1 aliphatic carbocycles. The number of hydrazone groups is 1. The molecular formula is C27H28N2OS2. The van der Waals surface area contributed by atoms with Crippen LogP contribution in [0.2, 0.25) is 0 Å². The van der Waals surface area contributed by atoms with E-state index in [1.54, 1.807) is 27.7 Å². The molecule has 0 saturated heterocycles. The number of hydrogen-bond donors (Lipinski definition) is 0. The highest BCUT2D eigenvalue weighted by atomic mass is 32.1. The van der Waals surface area contributed by atoms with Crippen molar-refractivity contribution in [1.82, 2.24) is 5.01 Å². The van der Waals surface area contributed by atoms with Gasteiger partial charge in [-0.2, -0.15) is 5.10 Å². The maximum atomic E-state index is 13.7. The maximum Gasteiger partial charge on any atom is 0.274 e. The average Bonchev–Trinajstić information content (AvgIpc) is 3.53. The Bertz CT molecular complexity index is 1150. The van der Waals surface area contributed by atoms with Crippen molar-refractivity contribution in [3.8, 4) is 0 Å². The topological polar surface area (TPSA) is 32.7 Å². The zero-order valence-electron chi connectivity index (χ0n) is 18.7. The van der Waals surface area contributed by atoms with Crippen molar-refractivity contribution in [3.05, 3.63) is 85.7 Å². The normalized spacial score (nSPS) is 22.2. The number of hydrogen-bond acceptors (Lipinski definition) is 4. The highest BCUT2D eigenvalue weighted by molar-refractivity contribution is 7.11. The van der Waals surface area contributed by atoms with Crippen LogP contribution in [0.3, 0.4) is 0 Å². The van der Waals surface area contributed by atoms with Gasteiger partial charge in [0, 0.05) is 21.2 Å². The van der Waals surface area contributed by atoms with Crippen molar-refractivity contribution < 1.29 is 4.79 Å². The Morgan fingerprint density at radius 2 is 1.81 bits per heavy atom. The second kappa shape index (κ2) is 8.45. The Morgan fingerprint density at radius 3 is 2.47 bits per heavy atom. The number of thiophene rings is 2. The van der Waals surface area contributed by atoms with E-state index in [-0.39, 0.29) is 23.3 Å². The largest absolute Gasteiger partial charge is 0.274 e. The zero-order valence-corrected chi connectivity index (χ0v) is 20.4. The predicted molar refractivity (Wildman–Crippen MR) is 135 cm³/mol. The van der Waals surface area contributed by atoms with Crippen LogP contribution in [0.15, 0.2) is 70.0 Å². The van der Waals surface area contributed by atoms with Crippen LogP contribution in [0.1, 0.15) is 71.8 Å². The first-order chi connectivity index (χ1) is 15.4. The first-order valence-corrected chi connectivity index (χ1v) is 13.0. The number of carbonyl (C=O) groups is 1. The Hall–Kier alpha value is -2.50. The number of rotatable bonds is 3. The number of fused-ring (bicyclic) bond motifs is 1. The summed E-state index contributed by atoms with van der Waals surface area (Å²) in [4.78, 5) is 16.1. The summed E-state index contributed by atoms with van der Waals surface area (Å²) in [5.41, 5.74) is 4.37. The molecule has 1 saturated carbocycles. The average molecular weight is 461 g/mol. The Kier molecular flexibility index (Phi) is 5.64. The minimum atomic E-state index is -0.0215. The molecule has 1 amide bonds. The van der Waals surface area contributed by atoms with Crippen molar-refractivity contribution in [1.29, 1.82) is 0 Å². The highest BCUT2D eigenvalue weighted by Gasteiger charge is 2.44. The van der Waals surface area contributed by atoms with E-state index in [4.69, 9.17) is 5.10 Å². The lowest BCUT2D eigenvalue weighted by Gasteiger charge is -2.28. The first kappa shape index (κ1) is 21.4. The fourth-order valence-corrected chi connectivity index (χ4v) is 6.25. The van der Waals surface area contributed by atoms with Crippen LogP contribution < -0.4 is 0 Å². The summed E-state index contributed by atoms with van der Waals surface area (Å²) in [5.74, 6) is 0.243. The predicted octanol–water partition coefficient (Wildman–Crippen LogP) is 7.54. The molecule has 0 bridgehead atoms. The minimum Gasteiger partial charge on any atom is -0.267 e. The molecule has 2 atom stereocenters. The summed E-state index contributed by atoms with van der Waals surface area (Å²) in [5, 5.41) is 11.0. The fraction of sp³-hybridized carbons (Fsp3) is 0.333. The molecule has 164 valence electrons. The highest BCUT2D eigenvalue weighted by Crippen LogP contribution is 2.46. The zero-order chi connectivity index (χ0) is 22.3. The van der Waals surface area contributed by atoms with Crippen LogP contribution in [0.4, 0.5) is 0 Å². The lowest BCUT2D eigenvalue weighted by Crippen LogP contribution is -2.31.